The lowest BCUT2D eigenvalue weighted by Crippen LogP contribution is -2.27. The number of hydrogen-bond donors (Lipinski definition) is 1. The quantitative estimate of drug-likeness (QED) is 0.426. The molecular formula is C24H27N3O5S. The molecular weight excluding hydrogens is 442 g/mol. The third-order valence-electron chi connectivity index (χ3n) is 4.86. The third-order valence-corrected chi connectivity index (χ3v) is 5.78. The molecule has 0 bridgehead atoms. The summed E-state index contributed by atoms with van der Waals surface area (Å²) in [7, 11) is 6.41. The Kier molecular flexibility index (Phi) is 8.77. The monoisotopic (exact) mass is 469 g/mol. The van der Waals surface area contributed by atoms with Gasteiger partial charge in [-0.05, 0) is 54.4 Å². The highest BCUT2D eigenvalue weighted by Crippen LogP contribution is 2.32. The van der Waals surface area contributed by atoms with Crippen LogP contribution in [0.25, 0.3) is 11.3 Å². The van der Waals surface area contributed by atoms with Crippen molar-refractivity contribution >= 4 is 17.7 Å². The number of benzene rings is 2. The molecule has 0 unspecified atom stereocenters. The molecule has 0 aliphatic heterocycles. The smallest absolute Gasteiger partial charge is 0.230 e. The molecule has 0 fully saturated rings. The predicted octanol–water partition coefficient (Wildman–Crippen LogP) is 3.63. The molecule has 1 amide bonds. The van der Waals surface area contributed by atoms with E-state index in [9.17, 15) is 4.79 Å². The number of nitrogens with zero attached hydrogens (tertiary/aromatic N) is 2. The number of aromatic nitrogens is 2. The molecule has 1 N–H and O–H groups in total. The van der Waals surface area contributed by atoms with E-state index in [0.29, 0.717) is 46.7 Å². The van der Waals surface area contributed by atoms with Crippen LogP contribution < -0.4 is 24.3 Å². The summed E-state index contributed by atoms with van der Waals surface area (Å²) in [5, 5.41) is 12.1. The first-order chi connectivity index (χ1) is 16.1. The van der Waals surface area contributed by atoms with E-state index >= 15 is 0 Å². The Morgan fingerprint density at radius 1 is 0.848 bits per heavy atom. The van der Waals surface area contributed by atoms with Crippen molar-refractivity contribution in [3.8, 4) is 34.3 Å². The Morgan fingerprint density at radius 3 is 2.27 bits per heavy atom. The summed E-state index contributed by atoms with van der Waals surface area (Å²) in [4.78, 5) is 12.2. The Balaban J connectivity index is 1.50. The average Bonchev–Trinajstić information content (AvgIpc) is 2.87. The summed E-state index contributed by atoms with van der Waals surface area (Å²) in [6, 6.07) is 14.9. The molecule has 9 heteroatoms. The molecule has 1 heterocycles. The van der Waals surface area contributed by atoms with Crippen molar-refractivity contribution < 1.29 is 23.7 Å². The zero-order valence-corrected chi connectivity index (χ0v) is 19.9. The second-order valence-corrected chi connectivity index (χ2v) is 7.90. The van der Waals surface area contributed by atoms with Crippen molar-refractivity contribution in [2.24, 2.45) is 0 Å². The van der Waals surface area contributed by atoms with Crippen LogP contribution in [0.1, 0.15) is 5.56 Å². The number of rotatable bonds is 11. The first kappa shape index (κ1) is 24.2. The number of methoxy groups -OCH3 is 4. The van der Waals surface area contributed by atoms with E-state index in [1.54, 1.807) is 28.4 Å². The second-order valence-electron chi connectivity index (χ2n) is 6.90. The lowest BCUT2D eigenvalue weighted by Gasteiger charge is -2.10. The van der Waals surface area contributed by atoms with Gasteiger partial charge in [-0.15, -0.1) is 10.2 Å². The number of thioether (sulfide) groups is 1. The van der Waals surface area contributed by atoms with Crippen LogP contribution in [0.2, 0.25) is 0 Å². The van der Waals surface area contributed by atoms with Crippen LogP contribution in [-0.4, -0.2) is 56.8 Å². The molecule has 0 atom stereocenters. The molecule has 3 rings (SSSR count). The molecule has 174 valence electrons. The Labute approximate surface area is 197 Å². The van der Waals surface area contributed by atoms with Crippen molar-refractivity contribution in [1.82, 2.24) is 15.5 Å². The number of hydrogen-bond acceptors (Lipinski definition) is 8. The number of carbonyl (C=O) groups is 1. The van der Waals surface area contributed by atoms with E-state index in [2.05, 4.69) is 15.5 Å². The maximum absolute atomic E-state index is 12.2. The van der Waals surface area contributed by atoms with Crippen molar-refractivity contribution in [3.63, 3.8) is 0 Å². The summed E-state index contributed by atoms with van der Waals surface area (Å²) in [5.74, 6) is 2.92. The fraction of sp³-hybridized carbons (Fsp3) is 0.292. The highest BCUT2D eigenvalue weighted by atomic mass is 32.2. The van der Waals surface area contributed by atoms with E-state index in [0.717, 1.165) is 11.1 Å². The third kappa shape index (κ3) is 6.52. The summed E-state index contributed by atoms with van der Waals surface area (Å²) >= 11 is 1.33. The topological polar surface area (TPSA) is 91.8 Å². The Morgan fingerprint density at radius 2 is 1.61 bits per heavy atom. The van der Waals surface area contributed by atoms with Crippen LogP contribution in [0.4, 0.5) is 0 Å². The van der Waals surface area contributed by atoms with Crippen LogP contribution in [0.5, 0.6) is 23.0 Å². The molecule has 3 aromatic rings. The normalized spacial score (nSPS) is 10.4. The SMILES string of the molecule is COc1ccc(OC)c(-c2ccc(SCC(=O)NCCc3ccc(OC)c(OC)c3)nn2)c1. The maximum Gasteiger partial charge on any atom is 0.230 e. The van der Waals surface area contributed by atoms with Crippen LogP contribution >= 0.6 is 11.8 Å². The minimum atomic E-state index is -0.0687. The summed E-state index contributed by atoms with van der Waals surface area (Å²) in [6.45, 7) is 0.523. The van der Waals surface area contributed by atoms with Gasteiger partial charge in [-0.3, -0.25) is 4.79 Å². The van der Waals surface area contributed by atoms with Gasteiger partial charge in [0.2, 0.25) is 5.91 Å². The first-order valence-corrected chi connectivity index (χ1v) is 11.2. The summed E-state index contributed by atoms with van der Waals surface area (Å²) < 4.78 is 21.2. The van der Waals surface area contributed by atoms with E-state index < -0.39 is 0 Å². The van der Waals surface area contributed by atoms with Crippen LogP contribution in [0.3, 0.4) is 0 Å². The zero-order chi connectivity index (χ0) is 23.6. The summed E-state index contributed by atoms with van der Waals surface area (Å²) in [5.41, 5.74) is 2.50. The van der Waals surface area contributed by atoms with E-state index in [-0.39, 0.29) is 11.7 Å². The predicted molar refractivity (Wildman–Crippen MR) is 128 cm³/mol. The van der Waals surface area contributed by atoms with Crippen LogP contribution in [-0.2, 0) is 11.2 Å². The molecule has 0 aliphatic rings. The minimum Gasteiger partial charge on any atom is -0.497 e. The van der Waals surface area contributed by atoms with Gasteiger partial charge in [0.1, 0.15) is 16.5 Å². The zero-order valence-electron chi connectivity index (χ0n) is 19.1. The van der Waals surface area contributed by atoms with Gasteiger partial charge < -0.3 is 24.3 Å². The van der Waals surface area contributed by atoms with Crippen molar-refractivity contribution in [1.29, 1.82) is 0 Å². The van der Waals surface area contributed by atoms with Gasteiger partial charge in [-0.2, -0.15) is 0 Å². The van der Waals surface area contributed by atoms with Gasteiger partial charge >= 0.3 is 0 Å². The van der Waals surface area contributed by atoms with E-state index in [1.165, 1.54) is 11.8 Å². The molecule has 0 spiro atoms. The van der Waals surface area contributed by atoms with Crippen LogP contribution in [0, 0.1) is 0 Å². The second kappa shape index (κ2) is 12.0. The fourth-order valence-corrected chi connectivity index (χ4v) is 3.77. The molecule has 0 aliphatic carbocycles. The molecule has 2 aromatic carbocycles. The molecule has 1 aromatic heterocycles. The molecule has 33 heavy (non-hydrogen) atoms. The number of carbonyl (C=O) groups excluding carboxylic acids is 1. The lowest BCUT2D eigenvalue weighted by atomic mass is 10.1. The molecule has 0 saturated heterocycles. The standard InChI is InChI=1S/C24H27N3O5S/c1-29-17-6-9-20(30-2)18(14-17)19-7-10-24(27-26-19)33-15-23(28)25-12-11-16-5-8-21(31-3)22(13-16)32-4/h5-10,13-14H,11-12,15H2,1-4H3,(H,25,28). The number of ether oxygens (including phenoxy) is 4. The maximum atomic E-state index is 12.2. The largest absolute Gasteiger partial charge is 0.497 e. The minimum absolute atomic E-state index is 0.0687. The van der Waals surface area contributed by atoms with Gasteiger partial charge in [0.05, 0.1) is 39.9 Å². The number of nitrogens with one attached hydrogen (secondary N) is 1. The molecule has 0 saturated carbocycles. The molecule has 0 radical (unpaired) electrons. The van der Waals surface area contributed by atoms with Gasteiger partial charge in [0, 0.05) is 12.1 Å². The van der Waals surface area contributed by atoms with Gasteiger partial charge in [-0.1, -0.05) is 17.8 Å². The summed E-state index contributed by atoms with van der Waals surface area (Å²) in [6.07, 6.45) is 0.688. The molecule has 8 nitrogen and oxygen atoms in total. The van der Waals surface area contributed by atoms with Gasteiger partial charge in [-0.25, -0.2) is 0 Å². The van der Waals surface area contributed by atoms with Gasteiger partial charge in [0.25, 0.3) is 0 Å². The van der Waals surface area contributed by atoms with Crippen molar-refractivity contribution in [3.05, 3.63) is 54.1 Å². The average molecular weight is 470 g/mol. The van der Waals surface area contributed by atoms with Crippen molar-refractivity contribution in [2.75, 3.05) is 40.7 Å². The van der Waals surface area contributed by atoms with Crippen molar-refractivity contribution in [2.45, 2.75) is 11.4 Å². The van der Waals surface area contributed by atoms with Crippen LogP contribution in [0.15, 0.2) is 53.6 Å². The number of amides is 1. The van der Waals surface area contributed by atoms with E-state index in [1.807, 2.05) is 48.5 Å². The van der Waals surface area contributed by atoms with Gasteiger partial charge in [0.15, 0.2) is 11.5 Å². The van der Waals surface area contributed by atoms with E-state index in [4.69, 9.17) is 18.9 Å². The highest BCUT2D eigenvalue weighted by Gasteiger charge is 2.11. The first-order valence-electron chi connectivity index (χ1n) is 10.2. The lowest BCUT2D eigenvalue weighted by molar-refractivity contribution is -0.118. The highest BCUT2D eigenvalue weighted by molar-refractivity contribution is 7.99. The Bertz CT molecular complexity index is 1080. The Hall–Kier alpha value is -3.46. The fourth-order valence-electron chi connectivity index (χ4n) is 3.13.